The highest BCUT2D eigenvalue weighted by Gasteiger charge is 2.24. The molecule has 0 radical (unpaired) electrons. The maximum atomic E-state index is 14.1. The monoisotopic (exact) mass is 335 g/mol. The van der Waals surface area contributed by atoms with Crippen LogP contribution >= 0.6 is 0 Å². The number of halogens is 2. The van der Waals surface area contributed by atoms with E-state index in [0.29, 0.717) is 37.9 Å². The molecule has 1 aliphatic heterocycles. The van der Waals surface area contributed by atoms with E-state index in [2.05, 4.69) is 0 Å². The lowest BCUT2D eigenvalue weighted by atomic mass is 10.2. The number of nitrogens with zero attached hydrogens (tertiary/aromatic N) is 3. The van der Waals surface area contributed by atoms with Crippen LogP contribution in [-0.2, 0) is 0 Å². The zero-order valence-corrected chi connectivity index (χ0v) is 12.7. The summed E-state index contributed by atoms with van der Waals surface area (Å²) in [6, 6.07) is 8.21. The molecule has 6 nitrogen and oxygen atoms in total. The van der Waals surface area contributed by atoms with Gasteiger partial charge in [-0.1, -0.05) is 12.1 Å². The molecule has 0 bridgehead atoms. The minimum atomic E-state index is -0.835. The molecule has 0 aliphatic carbocycles. The van der Waals surface area contributed by atoms with E-state index < -0.39 is 22.2 Å². The number of rotatable bonds is 3. The van der Waals surface area contributed by atoms with Gasteiger partial charge in [0.05, 0.1) is 22.4 Å². The predicted octanol–water partition coefficient (Wildman–Crippen LogP) is 2.91. The molecule has 1 aliphatic rings. The number of aromatic hydroxyl groups is 1. The summed E-state index contributed by atoms with van der Waals surface area (Å²) in [7, 11) is 0. The number of benzene rings is 2. The molecule has 0 unspecified atom stereocenters. The lowest BCUT2D eigenvalue weighted by Gasteiger charge is -2.37. The summed E-state index contributed by atoms with van der Waals surface area (Å²) < 4.78 is 27.9. The molecule has 1 fully saturated rings. The third-order valence-corrected chi connectivity index (χ3v) is 4.05. The Hall–Kier alpha value is -2.90. The van der Waals surface area contributed by atoms with Crippen molar-refractivity contribution in [2.24, 2.45) is 0 Å². The standard InChI is InChI=1S/C16H15F2N3O3/c17-11-3-1-2-4-13(11)19-5-7-20(8-6-19)14-10-16(22)15(21(23)24)9-12(14)18/h1-4,9-10,22H,5-8H2. The van der Waals surface area contributed by atoms with Crippen LogP contribution in [0, 0.1) is 21.7 Å². The van der Waals surface area contributed by atoms with Gasteiger partial charge in [-0.2, -0.15) is 0 Å². The Kier molecular flexibility index (Phi) is 4.20. The van der Waals surface area contributed by atoms with E-state index in [9.17, 15) is 24.0 Å². The van der Waals surface area contributed by atoms with Gasteiger partial charge in [-0.25, -0.2) is 8.78 Å². The van der Waals surface area contributed by atoms with Crippen molar-refractivity contribution < 1.29 is 18.8 Å². The van der Waals surface area contributed by atoms with Gasteiger partial charge in [-0.3, -0.25) is 10.1 Å². The maximum Gasteiger partial charge on any atom is 0.313 e. The molecule has 2 aromatic rings. The first-order valence-corrected chi connectivity index (χ1v) is 7.38. The van der Waals surface area contributed by atoms with Crippen LogP contribution in [0.3, 0.4) is 0 Å². The zero-order valence-electron chi connectivity index (χ0n) is 12.7. The van der Waals surface area contributed by atoms with Crippen LogP contribution in [0.15, 0.2) is 36.4 Å². The normalized spacial score (nSPS) is 14.8. The largest absolute Gasteiger partial charge is 0.502 e. The van der Waals surface area contributed by atoms with Crippen molar-refractivity contribution >= 4 is 17.1 Å². The molecule has 126 valence electrons. The van der Waals surface area contributed by atoms with Crippen molar-refractivity contribution in [1.82, 2.24) is 0 Å². The van der Waals surface area contributed by atoms with Gasteiger partial charge in [0, 0.05) is 32.2 Å². The van der Waals surface area contributed by atoms with Crippen molar-refractivity contribution in [2.45, 2.75) is 0 Å². The predicted molar refractivity (Wildman–Crippen MR) is 85.5 cm³/mol. The van der Waals surface area contributed by atoms with Crippen LogP contribution in [0.5, 0.6) is 5.75 Å². The molecule has 1 N–H and O–H groups in total. The van der Waals surface area contributed by atoms with Gasteiger partial charge in [0.25, 0.3) is 0 Å². The number of hydrogen-bond acceptors (Lipinski definition) is 5. The van der Waals surface area contributed by atoms with E-state index in [-0.39, 0.29) is 11.5 Å². The van der Waals surface area contributed by atoms with Crippen molar-refractivity contribution in [3.05, 3.63) is 58.1 Å². The summed E-state index contributed by atoms with van der Waals surface area (Å²) in [4.78, 5) is 13.4. The Balaban J connectivity index is 1.77. The fourth-order valence-corrected chi connectivity index (χ4v) is 2.83. The highest BCUT2D eigenvalue weighted by atomic mass is 19.1. The van der Waals surface area contributed by atoms with E-state index >= 15 is 0 Å². The lowest BCUT2D eigenvalue weighted by Crippen LogP contribution is -2.47. The third-order valence-electron chi connectivity index (χ3n) is 4.05. The summed E-state index contributed by atoms with van der Waals surface area (Å²) in [5.74, 6) is -1.66. The second-order valence-electron chi connectivity index (χ2n) is 5.47. The maximum absolute atomic E-state index is 14.1. The molecule has 0 spiro atoms. The second kappa shape index (κ2) is 6.31. The number of nitro benzene ring substituents is 1. The smallest absolute Gasteiger partial charge is 0.313 e. The van der Waals surface area contributed by atoms with Crippen molar-refractivity contribution in [2.75, 3.05) is 36.0 Å². The first-order valence-electron chi connectivity index (χ1n) is 7.38. The van der Waals surface area contributed by atoms with Gasteiger partial charge in [0.1, 0.15) is 5.82 Å². The minimum absolute atomic E-state index is 0.103. The SMILES string of the molecule is O=[N+]([O-])c1cc(F)c(N2CCN(c3ccccc3F)CC2)cc1O. The topological polar surface area (TPSA) is 69.9 Å². The average molecular weight is 335 g/mol. The summed E-state index contributed by atoms with van der Waals surface area (Å²) in [6.07, 6.45) is 0. The van der Waals surface area contributed by atoms with Crippen LogP contribution in [0.4, 0.5) is 25.8 Å². The fraction of sp³-hybridized carbons (Fsp3) is 0.250. The van der Waals surface area contributed by atoms with E-state index in [1.165, 1.54) is 6.07 Å². The average Bonchev–Trinajstić information content (AvgIpc) is 2.57. The zero-order chi connectivity index (χ0) is 17.3. The van der Waals surface area contributed by atoms with Gasteiger partial charge < -0.3 is 14.9 Å². The summed E-state index contributed by atoms with van der Waals surface area (Å²) >= 11 is 0. The highest BCUT2D eigenvalue weighted by Crippen LogP contribution is 2.34. The molecule has 24 heavy (non-hydrogen) atoms. The summed E-state index contributed by atoms with van der Waals surface area (Å²) in [5, 5.41) is 20.4. The number of hydrogen-bond donors (Lipinski definition) is 1. The number of para-hydroxylation sites is 1. The van der Waals surface area contributed by atoms with Gasteiger partial charge >= 0.3 is 5.69 Å². The highest BCUT2D eigenvalue weighted by molar-refractivity contribution is 5.61. The molecule has 0 amide bonds. The number of anilines is 2. The molecule has 1 heterocycles. The number of piperazine rings is 1. The lowest BCUT2D eigenvalue weighted by molar-refractivity contribution is -0.386. The van der Waals surface area contributed by atoms with E-state index in [0.717, 1.165) is 6.07 Å². The molecule has 0 saturated carbocycles. The molecular weight excluding hydrogens is 320 g/mol. The number of nitro groups is 1. The molecule has 2 aromatic carbocycles. The van der Waals surface area contributed by atoms with E-state index in [4.69, 9.17) is 0 Å². The Morgan fingerprint density at radius 1 is 0.958 bits per heavy atom. The minimum Gasteiger partial charge on any atom is -0.502 e. The molecule has 8 heteroatoms. The van der Waals surface area contributed by atoms with Gasteiger partial charge in [0.15, 0.2) is 11.6 Å². The van der Waals surface area contributed by atoms with Gasteiger partial charge in [0.2, 0.25) is 0 Å². The molecule has 1 saturated heterocycles. The van der Waals surface area contributed by atoms with Crippen molar-refractivity contribution in [1.29, 1.82) is 0 Å². The van der Waals surface area contributed by atoms with Crippen LogP contribution in [0.1, 0.15) is 0 Å². The molecule has 0 atom stereocenters. The Morgan fingerprint density at radius 2 is 1.54 bits per heavy atom. The first kappa shape index (κ1) is 16.0. The molecule has 3 rings (SSSR count). The van der Waals surface area contributed by atoms with Crippen molar-refractivity contribution in [3.63, 3.8) is 0 Å². The van der Waals surface area contributed by atoms with Gasteiger partial charge in [-0.15, -0.1) is 0 Å². The summed E-state index contributed by atoms with van der Waals surface area (Å²) in [5.41, 5.74) is -0.0725. The third kappa shape index (κ3) is 2.94. The van der Waals surface area contributed by atoms with Crippen LogP contribution in [-0.4, -0.2) is 36.2 Å². The quantitative estimate of drug-likeness (QED) is 0.690. The van der Waals surface area contributed by atoms with Gasteiger partial charge in [-0.05, 0) is 12.1 Å². The number of phenolic OH excluding ortho intramolecular Hbond substituents is 1. The summed E-state index contributed by atoms with van der Waals surface area (Å²) in [6.45, 7) is 1.75. The molecular formula is C16H15F2N3O3. The fourth-order valence-electron chi connectivity index (χ4n) is 2.83. The van der Waals surface area contributed by atoms with Crippen molar-refractivity contribution in [3.8, 4) is 5.75 Å². The van der Waals surface area contributed by atoms with E-state index in [1.807, 2.05) is 4.90 Å². The second-order valence-corrected chi connectivity index (χ2v) is 5.47. The van der Waals surface area contributed by atoms with Crippen LogP contribution in [0.25, 0.3) is 0 Å². The Bertz CT molecular complexity index is 777. The first-order chi connectivity index (χ1) is 11.5. The number of phenols is 1. The van der Waals surface area contributed by atoms with Crippen LogP contribution in [0.2, 0.25) is 0 Å². The Morgan fingerprint density at radius 3 is 2.12 bits per heavy atom. The molecule has 0 aromatic heterocycles. The van der Waals surface area contributed by atoms with Crippen LogP contribution < -0.4 is 9.80 Å². The van der Waals surface area contributed by atoms with E-state index in [1.54, 1.807) is 23.1 Å². The Labute approximate surface area is 136 Å².